The summed E-state index contributed by atoms with van der Waals surface area (Å²) < 4.78 is 5.90. The van der Waals surface area contributed by atoms with Crippen molar-refractivity contribution in [3.8, 4) is 0 Å². The lowest BCUT2D eigenvalue weighted by atomic mass is 9.90. The van der Waals surface area contributed by atoms with Gasteiger partial charge in [-0.3, -0.25) is 0 Å². The van der Waals surface area contributed by atoms with Gasteiger partial charge in [-0.1, -0.05) is 41.9 Å². The fourth-order valence-electron chi connectivity index (χ4n) is 1.96. The highest BCUT2D eigenvalue weighted by atomic mass is 35.5. The van der Waals surface area contributed by atoms with E-state index in [-0.39, 0.29) is 6.61 Å². The number of hydrogen-bond donors (Lipinski definition) is 1. The van der Waals surface area contributed by atoms with Crippen LogP contribution in [0.1, 0.15) is 10.4 Å². The van der Waals surface area contributed by atoms with Crippen molar-refractivity contribution in [2.75, 3.05) is 13.7 Å². The molecule has 1 N–H and O–H groups in total. The average molecular weight is 283 g/mol. The SMILES string of the molecule is COCC(O)(Cc1ccc(Cl)s1)c1ccccc1. The fourth-order valence-corrected chi connectivity index (χ4v) is 3.15. The topological polar surface area (TPSA) is 29.5 Å². The van der Waals surface area contributed by atoms with E-state index in [1.165, 1.54) is 11.3 Å². The zero-order chi connectivity index (χ0) is 13.0. The van der Waals surface area contributed by atoms with Crippen LogP contribution < -0.4 is 0 Å². The first-order valence-corrected chi connectivity index (χ1v) is 6.84. The monoisotopic (exact) mass is 282 g/mol. The van der Waals surface area contributed by atoms with Crippen LogP contribution in [0, 0.1) is 0 Å². The van der Waals surface area contributed by atoms with Crippen molar-refractivity contribution in [3.63, 3.8) is 0 Å². The second kappa shape index (κ2) is 5.85. The molecule has 0 amide bonds. The molecule has 4 heteroatoms. The van der Waals surface area contributed by atoms with E-state index in [1.54, 1.807) is 7.11 Å². The Morgan fingerprint density at radius 2 is 1.94 bits per heavy atom. The van der Waals surface area contributed by atoms with Gasteiger partial charge in [0.25, 0.3) is 0 Å². The Morgan fingerprint density at radius 3 is 2.50 bits per heavy atom. The van der Waals surface area contributed by atoms with Gasteiger partial charge in [-0.05, 0) is 17.7 Å². The average Bonchev–Trinajstić information content (AvgIpc) is 2.76. The van der Waals surface area contributed by atoms with Gasteiger partial charge in [0.1, 0.15) is 5.60 Å². The van der Waals surface area contributed by atoms with Gasteiger partial charge in [0.05, 0.1) is 10.9 Å². The predicted molar refractivity (Wildman–Crippen MR) is 75.2 cm³/mol. The first-order valence-electron chi connectivity index (χ1n) is 5.65. The Kier molecular flexibility index (Phi) is 4.40. The van der Waals surface area contributed by atoms with Crippen molar-refractivity contribution in [2.45, 2.75) is 12.0 Å². The third kappa shape index (κ3) is 3.12. The lowest BCUT2D eigenvalue weighted by Gasteiger charge is -2.27. The van der Waals surface area contributed by atoms with Crippen LogP contribution in [0.5, 0.6) is 0 Å². The smallest absolute Gasteiger partial charge is 0.118 e. The van der Waals surface area contributed by atoms with Crippen molar-refractivity contribution >= 4 is 22.9 Å². The van der Waals surface area contributed by atoms with Gasteiger partial charge in [-0.2, -0.15) is 0 Å². The van der Waals surface area contributed by atoms with Crippen LogP contribution in [0.15, 0.2) is 42.5 Å². The van der Waals surface area contributed by atoms with E-state index in [2.05, 4.69) is 0 Å². The van der Waals surface area contributed by atoms with Crippen LogP contribution in [0.25, 0.3) is 0 Å². The molecule has 0 spiro atoms. The summed E-state index contributed by atoms with van der Waals surface area (Å²) in [7, 11) is 1.59. The summed E-state index contributed by atoms with van der Waals surface area (Å²) in [5.74, 6) is 0. The maximum Gasteiger partial charge on any atom is 0.118 e. The van der Waals surface area contributed by atoms with Crippen LogP contribution in [0.2, 0.25) is 4.34 Å². The summed E-state index contributed by atoms with van der Waals surface area (Å²) in [5, 5.41) is 10.8. The molecule has 2 aromatic rings. The van der Waals surface area contributed by atoms with Crippen LogP contribution >= 0.6 is 22.9 Å². The highest BCUT2D eigenvalue weighted by molar-refractivity contribution is 7.16. The molecule has 2 nitrogen and oxygen atoms in total. The molecule has 0 fully saturated rings. The Hall–Kier alpha value is -0.870. The van der Waals surface area contributed by atoms with E-state index in [1.807, 2.05) is 42.5 Å². The molecule has 0 aliphatic rings. The Balaban J connectivity index is 2.26. The van der Waals surface area contributed by atoms with Gasteiger partial charge < -0.3 is 9.84 Å². The number of halogens is 1. The van der Waals surface area contributed by atoms with Gasteiger partial charge >= 0.3 is 0 Å². The lowest BCUT2D eigenvalue weighted by molar-refractivity contribution is -0.0349. The summed E-state index contributed by atoms with van der Waals surface area (Å²) in [6, 6.07) is 13.4. The molecular formula is C14H15ClO2S. The van der Waals surface area contributed by atoms with E-state index in [0.717, 1.165) is 14.8 Å². The minimum atomic E-state index is -1.01. The summed E-state index contributed by atoms with van der Waals surface area (Å²) >= 11 is 7.40. The molecule has 0 saturated carbocycles. The van der Waals surface area contributed by atoms with Crippen LogP contribution in [-0.2, 0) is 16.8 Å². The van der Waals surface area contributed by atoms with E-state index in [0.29, 0.717) is 6.42 Å². The first kappa shape index (κ1) is 13.6. The first-order chi connectivity index (χ1) is 8.64. The van der Waals surface area contributed by atoms with Crippen molar-refractivity contribution < 1.29 is 9.84 Å². The highest BCUT2D eigenvalue weighted by Crippen LogP contribution is 2.30. The van der Waals surface area contributed by atoms with Crippen molar-refractivity contribution in [1.29, 1.82) is 0 Å². The molecule has 1 aromatic carbocycles. The summed E-state index contributed by atoms with van der Waals surface area (Å²) in [5.41, 5.74) is -0.152. The number of methoxy groups -OCH3 is 1. The summed E-state index contributed by atoms with van der Waals surface area (Å²) in [4.78, 5) is 1.04. The Bertz CT molecular complexity index is 498. The molecular weight excluding hydrogens is 268 g/mol. The molecule has 0 aliphatic heterocycles. The van der Waals surface area contributed by atoms with E-state index < -0.39 is 5.60 Å². The molecule has 96 valence electrons. The molecule has 1 aromatic heterocycles. The second-order valence-electron chi connectivity index (χ2n) is 4.21. The molecule has 0 aliphatic carbocycles. The molecule has 2 rings (SSSR count). The Morgan fingerprint density at radius 1 is 1.22 bits per heavy atom. The van der Waals surface area contributed by atoms with E-state index in [9.17, 15) is 5.11 Å². The molecule has 0 bridgehead atoms. The quantitative estimate of drug-likeness (QED) is 0.910. The number of aliphatic hydroxyl groups is 1. The lowest BCUT2D eigenvalue weighted by Crippen LogP contribution is -2.33. The maximum atomic E-state index is 10.8. The highest BCUT2D eigenvalue weighted by Gasteiger charge is 2.30. The zero-order valence-corrected chi connectivity index (χ0v) is 11.7. The van der Waals surface area contributed by atoms with Gasteiger partial charge in [-0.15, -0.1) is 11.3 Å². The largest absolute Gasteiger partial charge is 0.382 e. The maximum absolute atomic E-state index is 10.8. The molecule has 1 unspecified atom stereocenters. The molecule has 1 heterocycles. The van der Waals surface area contributed by atoms with Gasteiger partial charge in [0, 0.05) is 18.4 Å². The second-order valence-corrected chi connectivity index (χ2v) is 6.01. The third-order valence-corrected chi connectivity index (χ3v) is 4.02. The van der Waals surface area contributed by atoms with Crippen molar-refractivity contribution in [1.82, 2.24) is 0 Å². The van der Waals surface area contributed by atoms with Crippen molar-refractivity contribution in [3.05, 3.63) is 57.2 Å². The number of hydrogen-bond acceptors (Lipinski definition) is 3. The van der Waals surface area contributed by atoms with Gasteiger partial charge in [0.2, 0.25) is 0 Å². The number of ether oxygens (including phenoxy) is 1. The van der Waals surface area contributed by atoms with Crippen LogP contribution in [-0.4, -0.2) is 18.8 Å². The van der Waals surface area contributed by atoms with Gasteiger partial charge in [-0.25, -0.2) is 0 Å². The van der Waals surface area contributed by atoms with Crippen LogP contribution in [0.4, 0.5) is 0 Å². The van der Waals surface area contributed by atoms with Crippen molar-refractivity contribution in [2.24, 2.45) is 0 Å². The fraction of sp³-hybridized carbons (Fsp3) is 0.286. The molecule has 1 atom stereocenters. The number of rotatable bonds is 5. The predicted octanol–water partition coefficient (Wildman–Crippen LogP) is 3.48. The molecule has 0 saturated heterocycles. The third-order valence-electron chi connectivity index (χ3n) is 2.79. The van der Waals surface area contributed by atoms with E-state index in [4.69, 9.17) is 16.3 Å². The molecule has 0 radical (unpaired) electrons. The standard InChI is InChI=1S/C14H15ClO2S/c1-17-10-14(16,11-5-3-2-4-6-11)9-12-7-8-13(15)18-12/h2-8,16H,9-10H2,1H3. The van der Waals surface area contributed by atoms with Gasteiger partial charge in [0.15, 0.2) is 0 Å². The minimum Gasteiger partial charge on any atom is -0.382 e. The summed E-state index contributed by atoms with van der Waals surface area (Å²) in [6.45, 7) is 0.256. The minimum absolute atomic E-state index is 0.256. The number of thiophene rings is 1. The Labute approximate surface area is 116 Å². The van der Waals surface area contributed by atoms with Crippen LogP contribution in [0.3, 0.4) is 0 Å². The zero-order valence-electron chi connectivity index (χ0n) is 10.1. The normalized spacial score (nSPS) is 14.4. The van der Waals surface area contributed by atoms with E-state index >= 15 is 0 Å². The molecule has 18 heavy (non-hydrogen) atoms. The number of benzene rings is 1. The summed E-state index contributed by atoms with van der Waals surface area (Å²) in [6.07, 6.45) is 0.502.